The van der Waals surface area contributed by atoms with E-state index in [1.165, 1.54) is 94.1 Å². The zero-order chi connectivity index (χ0) is 94.6. The lowest BCUT2D eigenvalue weighted by atomic mass is 9.95. The minimum atomic E-state index is -2.08. The predicted octanol–water partition coefficient (Wildman–Crippen LogP) is 4.99. The minimum absolute atomic E-state index is 0.0717. The van der Waals surface area contributed by atoms with Gasteiger partial charge in [-0.1, -0.05) is 146 Å². The second-order valence-electron chi connectivity index (χ2n) is 34.0. The second kappa shape index (κ2) is 48.8. The van der Waals surface area contributed by atoms with Crippen LogP contribution in [-0.2, 0) is 75.8 Å². The normalized spacial score (nSPS) is 39.8. The third kappa shape index (κ3) is 25.1. The van der Waals surface area contributed by atoms with Crippen molar-refractivity contribution < 1.29 is 157 Å². The van der Waals surface area contributed by atoms with Crippen LogP contribution in [0, 0.1) is 0 Å². The Balaban J connectivity index is 0.726. The van der Waals surface area contributed by atoms with Crippen molar-refractivity contribution in [2.75, 3.05) is 46.0 Å². The fourth-order valence-electron chi connectivity index (χ4n) is 17.4. The highest BCUT2D eigenvalue weighted by molar-refractivity contribution is 8.01. The smallest absolute Gasteiger partial charge is 0.187 e. The van der Waals surface area contributed by atoms with Crippen LogP contribution >= 0.6 is 94.1 Å². The summed E-state index contributed by atoms with van der Waals surface area (Å²) in [4.78, 5) is 5.77. The second-order valence-corrected chi connectivity index (χ2v) is 42.7. The van der Waals surface area contributed by atoms with Gasteiger partial charge in [-0.25, -0.2) is 0 Å². The Hall–Kier alpha value is -4.72. The largest absolute Gasteiger partial charge is 0.387 e. The molecule has 32 nitrogen and oxygen atoms in total. The van der Waals surface area contributed by atoms with E-state index in [4.69, 9.17) is 75.8 Å². The van der Waals surface area contributed by atoms with Crippen LogP contribution in [0.5, 0.6) is 0 Å². The molecule has 30 aliphatic rings. The molecule has 16 N–H and O–H groups in total. The van der Waals surface area contributed by atoms with E-state index in [1.807, 2.05) is 146 Å². The maximum Gasteiger partial charge on any atom is 0.187 e. The van der Waals surface area contributed by atoms with Gasteiger partial charge in [0.1, 0.15) is 146 Å². The standard InChI is InChI=1S/C96H112O32S8/c97-65-73(105)89-113-57(41-129-49-25-9-1-10-26-49)81(65)121-90-74(106)66(98)83(59(114-90)43-131-51-29-13-3-14-30-51)123-92-76(108)68(100)85(61(116-92)45-133-53-33-17-5-18-34-53)125-94-78(110)70(102)87(63(118-94)47-135-55-37-21-7-22-38-55)127-96-80(112)72(104)88(64(120-96)48-136-56-39-23-8-24-40-56)128-95-79(111)71(103)86(62(119-95)46-134-54-35-19-6-20-36-54)126-93-77(109)69(101)84(60(117-93)44-132-52-31-15-4-16-32-52)124-91-75(107)67(99)82(122-89)58(115-91)42-130-50-27-11-2-12-28-50/h1-40,57-112H,41-48H2/t57-,58-,59-,60-,61-,62-,63-,64-,65-,66-,67-,68-,69-,70-,71-,72-,73-,74-,75-,76-,77-,78-,79-,80-,81-,82-,83-,84-,85-,86-,87-,88-,89-,90-,91-,92-,93-,94-,95-,96-/m1/s1. The van der Waals surface area contributed by atoms with E-state index in [9.17, 15) is 81.7 Å². The molecule has 136 heavy (non-hydrogen) atoms. The van der Waals surface area contributed by atoms with Gasteiger partial charge in [0.25, 0.3) is 0 Å². The summed E-state index contributed by atoms with van der Waals surface area (Å²) in [5.74, 6) is -0.574. The number of benzene rings is 8. The first kappa shape index (κ1) is 103. The summed E-state index contributed by atoms with van der Waals surface area (Å²) in [5, 5.41) is 202. The first-order valence-corrected chi connectivity index (χ1v) is 52.7. The summed E-state index contributed by atoms with van der Waals surface area (Å²) in [6.45, 7) is 0. The molecule has 0 amide bonds. The number of ether oxygens (including phenoxy) is 16. The van der Waals surface area contributed by atoms with Gasteiger partial charge < -0.3 is 157 Å². The Labute approximate surface area is 819 Å². The topological polar surface area (TPSA) is 471 Å². The zero-order valence-electron chi connectivity index (χ0n) is 72.8. The van der Waals surface area contributed by atoms with Gasteiger partial charge in [0.05, 0.1) is 48.8 Å². The Bertz CT molecular complexity index is 3990. The van der Waals surface area contributed by atoms with Gasteiger partial charge in [0, 0.05) is 85.2 Å². The Morgan fingerprint density at radius 2 is 0.228 bits per heavy atom. The van der Waals surface area contributed by atoms with Crippen molar-refractivity contribution in [3.8, 4) is 0 Å². The molecule has 38 rings (SSSR count). The summed E-state index contributed by atoms with van der Waals surface area (Å²) >= 11 is 10.0. The molecule has 0 spiro atoms. The van der Waals surface area contributed by atoms with Gasteiger partial charge in [0.2, 0.25) is 0 Å². The monoisotopic (exact) mass is 2030 g/mol. The molecule has 30 aliphatic heterocycles. The molecule has 0 saturated carbocycles. The van der Waals surface area contributed by atoms with Gasteiger partial charge >= 0.3 is 0 Å². The van der Waals surface area contributed by atoms with Crippen LogP contribution in [0.4, 0.5) is 0 Å². The third-order valence-corrected chi connectivity index (χ3v) is 33.5. The van der Waals surface area contributed by atoms with Gasteiger partial charge in [-0.2, -0.15) is 0 Å². The van der Waals surface area contributed by atoms with E-state index in [-0.39, 0.29) is 46.0 Å². The van der Waals surface area contributed by atoms with Gasteiger partial charge in [-0.3, -0.25) is 0 Å². The van der Waals surface area contributed by atoms with E-state index in [1.54, 1.807) is 97.1 Å². The molecule has 8 aromatic rings. The Morgan fingerprint density at radius 3 is 0.324 bits per heavy atom. The first-order chi connectivity index (χ1) is 66.0. The molecule has 0 unspecified atom stereocenters. The maximum absolute atomic E-state index is 12.7. The number of hydrogen-bond acceptors (Lipinski definition) is 40. The number of aliphatic hydroxyl groups excluding tert-OH is 16. The van der Waals surface area contributed by atoms with E-state index >= 15 is 0 Å². The van der Waals surface area contributed by atoms with Gasteiger partial charge in [-0.15, -0.1) is 94.1 Å². The number of aliphatic hydroxyl groups is 16. The number of rotatable bonds is 24. The molecular formula is C96H112O32S8. The number of hydrogen-bond donors (Lipinski definition) is 16. The molecule has 40 heteroatoms. The van der Waals surface area contributed by atoms with Crippen LogP contribution < -0.4 is 0 Å². The Morgan fingerprint density at radius 1 is 0.132 bits per heavy atom. The van der Waals surface area contributed by atoms with Crippen molar-refractivity contribution in [2.24, 2.45) is 0 Å². The molecule has 30 fully saturated rings. The molecule has 30 saturated heterocycles. The maximum atomic E-state index is 12.7. The molecule has 0 radical (unpaired) electrons. The lowest BCUT2D eigenvalue weighted by molar-refractivity contribution is -0.396. The highest BCUT2D eigenvalue weighted by Gasteiger charge is 2.61. The van der Waals surface area contributed by atoms with Crippen molar-refractivity contribution in [1.82, 2.24) is 0 Å². The Kier molecular flexibility index (Phi) is 36.8. The zero-order valence-corrected chi connectivity index (χ0v) is 79.3. The highest BCUT2D eigenvalue weighted by atomic mass is 32.2. The third-order valence-electron chi connectivity index (χ3n) is 24.7. The van der Waals surface area contributed by atoms with Crippen LogP contribution in [0.3, 0.4) is 0 Å². The van der Waals surface area contributed by atoms with Crippen molar-refractivity contribution in [3.05, 3.63) is 243 Å². The number of thioether (sulfide) groups is 8. The van der Waals surface area contributed by atoms with Gasteiger partial charge in [0.15, 0.2) is 50.3 Å². The average Bonchev–Trinajstić information content (AvgIpc) is 0.759. The summed E-state index contributed by atoms with van der Waals surface area (Å²) in [6.07, 6.45) is -71.7. The lowest BCUT2D eigenvalue weighted by Gasteiger charge is -2.51. The summed E-state index contributed by atoms with van der Waals surface area (Å²) in [6, 6.07) is 72.6. The van der Waals surface area contributed by atoms with Crippen LogP contribution in [0.2, 0.25) is 0 Å². The van der Waals surface area contributed by atoms with Crippen molar-refractivity contribution in [2.45, 2.75) is 285 Å². The SMILES string of the molecule is O[C@@H]1[C@@H](O)[C@H]2O[C@H]3[C@H](O)[C@@H](O)[C@@H](O[C@H]4[C@H](O)[C@@H](O)[C@@H](O[C@H]5[C@H](O)[C@@H](O)[C@@H](O[C@H]6[C@H](O)[C@@H](O)[C@@H](O[C@H]7[C@H](O)[C@@H](O)[C@@H](O[C@H]8[C@H](O)[C@@H](O)[C@@H](O[C@H]9[C@H](O)[C@@H](O)[C@@H](O[C@@H]1[C@@H](CSc1ccccc1)O2)O[C@@H]9CSc1ccccc1)O[C@@H]8CSc1ccccc1)O[C@@H]7CSc1ccccc1)O[C@@H]6CSc1ccccc1)O[C@@H]5CSc1ccccc1)O[C@@H]4CSc1ccccc1)O[C@@H]3CSc1ccccc1. The quantitative estimate of drug-likeness (QED) is 0.0354. The molecule has 16 bridgehead atoms. The fourth-order valence-corrected chi connectivity index (χ4v) is 25.2. The summed E-state index contributed by atoms with van der Waals surface area (Å²) in [7, 11) is 0. The molecule has 0 aliphatic carbocycles. The molecule has 8 aromatic carbocycles. The van der Waals surface area contributed by atoms with E-state index in [0.29, 0.717) is 0 Å². The van der Waals surface area contributed by atoms with Crippen molar-refractivity contribution >= 4 is 94.1 Å². The van der Waals surface area contributed by atoms with Gasteiger partial charge in [-0.05, 0) is 97.1 Å². The van der Waals surface area contributed by atoms with E-state index in [2.05, 4.69) is 0 Å². The lowest BCUT2D eigenvalue weighted by Crippen LogP contribution is -2.69. The van der Waals surface area contributed by atoms with E-state index < -0.39 is 246 Å². The molecule has 30 heterocycles. The molecule has 0 aromatic heterocycles. The molecular weight excluding hydrogens is 1920 g/mol. The first-order valence-electron chi connectivity index (χ1n) is 44.8. The van der Waals surface area contributed by atoms with Crippen LogP contribution in [0.25, 0.3) is 0 Å². The fraction of sp³-hybridized carbons (Fsp3) is 0.500. The van der Waals surface area contributed by atoms with E-state index in [0.717, 1.165) is 39.2 Å². The minimum Gasteiger partial charge on any atom is -0.387 e. The predicted molar refractivity (Wildman–Crippen MR) is 502 cm³/mol. The van der Waals surface area contributed by atoms with Crippen LogP contribution in [0.15, 0.2) is 282 Å². The molecule has 40 atom stereocenters. The highest BCUT2D eigenvalue weighted by Crippen LogP contribution is 2.45. The van der Waals surface area contributed by atoms with Crippen molar-refractivity contribution in [3.63, 3.8) is 0 Å². The van der Waals surface area contributed by atoms with Crippen molar-refractivity contribution in [1.29, 1.82) is 0 Å². The summed E-state index contributed by atoms with van der Waals surface area (Å²) in [5.41, 5.74) is 0. The van der Waals surface area contributed by atoms with Crippen LogP contribution in [-0.4, -0.2) is 373 Å². The molecule has 736 valence electrons. The summed E-state index contributed by atoms with van der Waals surface area (Å²) < 4.78 is 107. The average molecular weight is 2030 g/mol. The van der Waals surface area contributed by atoms with Crippen LogP contribution in [0.1, 0.15) is 0 Å².